The summed E-state index contributed by atoms with van der Waals surface area (Å²) in [6, 6.07) is 1.18. The maximum atomic E-state index is 13.6. The number of rotatable bonds is 5. The van der Waals surface area contributed by atoms with Crippen molar-refractivity contribution in [2.45, 2.75) is 13.8 Å². The number of nitrogens with zero attached hydrogens (tertiary/aromatic N) is 3. The number of nitrogens with one attached hydrogen (secondary N) is 2. The lowest BCUT2D eigenvalue weighted by Gasteiger charge is -2.14. The Labute approximate surface area is 136 Å². The minimum atomic E-state index is -0.659. The lowest BCUT2D eigenvalue weighted by molar-refractivity contribution is 0.627. The average molecular weight is 332 g/mol. The number of aliphatic imine (C=N–C) groups is 1. The minimum absolute atomic E-state index is 0.100. The first-order valence-corrected chi connectivity index (χ1v) is 7.53. The van der Waals surface area contributed by atoms with Crippen LogP contribution in [0, 0.1) is 18.2 Å². The number of nitrogens with two attached hydrogens (primary N) is 1. The fourth-order valence-electron chi connectivity index (χ4n) is 1.96. The molecule has 1 unspecified atom stereocenters. The second kappa shape index (κ2) is 7.24. The summed E-state index contributed by atoms with van der Waals surface area (Å²) in [5.41, 5.74) is 8.40. The van der Waals surface area contributed by atoms with E-state index in [1.807, 2.05) is 13.8 Å². The Morgan fingerprint density at radius 1 is 1.52 bits per heavy atom. The predicted molar refractivity (Wildman–Crippen MR) is 95.5 cm³/mol. The van der Waals surface area contributed by atoms with Gasteiger partial charge in [0.2, 0.25) is 0 Å². The van der Waals surface area contributed by atoms with Crippen LogP contribution in [-0.2, 0) is 0 Å². The van der Waals surface area contributed by atoms with Crippen LogP contribution < -0.4 is 11.1 Å². The van der Waals surface area contributed by atoms with E-state index in [9.17, 15) is 4.39 Å². The SMILES string of the molecule is CCN=Cc1c(C)cncc1Nc1nc(N)c(F)cc1C(=N)P. The van der Waals surface area contributed by atoms with Crippen molar-refractivity contribution in [1.82, 2.24) is 9.97 Å². The van der Waals surface area contributed by atoms with Crippen LogP contribution in [0.25, 0.3) is 0 Å². The number of anilines is 3. The lowest BCUT2D eigenvalue weighted by Crippen LogP contribution is -2.08. The smallest absolute Gasteiger partial charge is 0.166 e. The number of hydrogen-bond acceptors (Lipinski definition) is 6. The molecular formula is C15H18FN6P. The van der Waals surface area contributed by atoms with Gasteiger partial charge in [0.25, 0.3) is 0 Å². The van der Waals surface area contributed by atoms with Gasteiger partial charge in [0.05, 0.1) is 17.3 Å². The number of nitrogen functional groups attached to an aromatic ring is 1. The van der Waals surface area contributed by atoms with Crippen LogP contribution in [0.5, 0.6) is 0 Å². The summed E-state index contributed by atoms with van der Waals surface area (Å²) in [6.45, 7) is 4.51. The first-order valence-electron chi connectivity index (χ1n) is 6.95. The molecule has 2 heterocycles. The quantitative estimate of drug-likeness (QED) is 0.579. The molecule has 0 saturated carbocycles. The molecule has 0 aliphatic rings. The van der Waals surface area contributed by atoms with E-state index in [2.05, 4.69) is 29.5 Å². The topological polar surface area (TPSA) is 100 Å². The third-order valence-corrected chi connectivity index (χ3v) is 3.45. The molecule has 6 nitrogen and oxygen atoms in total. The molecule has 120 valence electrons. The summed E-state index contributed by atoms with van der Waals surface area (Å²) < 4.78 is 13.6. The van der Waals surface area contributed by atoms with Crippen molar-refractivity contribution in [2.75, 3.05) is 17.6 Å². The molecule has 2 aromatic rings. The Bertz CT molecular complexity index is 775. The van der Waals surface area contributed by atoms with E-state index in [1.54, 1.807) is 18.6 Å². The summed E-state index contributed by atoms with van der Waals surface area (Å²) in [6.07, 6.45) is 5.10. The van der Waals surface area contributed by atoms with E-state index in [4.69, 9.17) is 11.1 Å². The highest BCUT2D eigenvalue weighted by molar-refractivity contribution is 7.41. The van der Waals surface area contributed by atoms with Gasteiger partial charge >= 0.3 is 0 Å². The van der Waals surface area contributed by atoms with Crippen molar-refractivity contribution < 1.29 is 4.39 Å². The minimum Gasteiger partial charge on any atom is -0.381 e. The first kappa shape index (κ1) is 17.0. The van der Waals surface area contributed by atoms with Gasteiger partial charge in [0, 0.05) is 30.1 Å². The fraction of sp³-hybridized carbons (Fsp3) is 0.200. The number of halogens is 1. The van der Waals surface area contributed by atoms with Gasteiger partial charge in [0.1, 0.15) is 5.82 Å². The van der Waals surface area contributed by atoms with Crippen LogP contribution in [0.4, 0.5) is 21.7 Å². The van der Waals surface area contributed by atoms with Crippen LogP contribution in [0.3, 0.4) is 0 Å². The van der Waals surface area contributed by atoms with Gasteiger partial charge in [-0.25, -0.2) is 9.37 Å². The molecule has 23 heavy (non-hydrogen) atoms. The summed E-state index contributed by atoms with van der Waals surface area (Å²) in [5, 5.41) is 10.8. The van der Waals surface area contributed by atoms with Crippen LogP contribution in [0.1, 0.15) is 23.6 Å². The molecule has 0 saturated heterocycles. The zero-order chi connectivity index (χ0) is 17.0. The molecule has 2 aromatic heterocycles. The Balaban J connectivity index is 2.52. The van der Waals surface area contributed by atoms with E-state index in [0.29, 0.717) is 23.6 Å². The molecule has 0 bridgehead atoms. The molecule has 0 aliphatic heterocycles. The van der Waals surface area contributed by atoms with Crippen molar-refractivity contribution >= 4 is 38.2 Å². The number of aromatic nitrogens is 2. The van der Waals surface area contributed by atoms with Crippen molar-refractivity contribution in [2.24, 2.45) is 4.99 Å². The molecule has 4 N–H and O–H groups in total. The predicted octanol–water partition coefficient (Wildman–Crippen LogP) is 2.89. The van der Waals surface area contributed by atoms with Crippen LogP contribution in [-0.4, -0.2) is 28.2 Å². The zero-order valence-corrected chi connectivity index (χ0v) is 14.0. The van der Waals surface area contributed by atoms with Gasteiger partial charge in [-0.2, -0.15) is 0 Å². The van der Waals surface area contributed by atoms with E-state index in [-0.39, 0.29) is 11.3 Å². The van der Waals surface area contributed by atoms with Gasteiger partial charge in [-0.3, -0.25) is 9.98 Å². The molecule has 0 amide bonds. The van der Waals surface area contributed by atoms with Gasteiger partial charge < -0.3 is 16.5 Å². The van der Waals surface area contributed by atoms with E-state index < -0.39 is 5.82 Å². The number of aryl methyl sites for hydroxylation is 1. The third-order valence-electron chi connectivity index (χ3n) is 3.14. The molecule has 0 aromatic carbocycles. The monoisotopic (exact) mass is 332 g/mol. The molecule has 0 fully saturated rings. The van der Waals surface area contributed by atoms with Crippen LogP contribution >= 0.6 is 9.24 Å². The highest BCUT2D eigenvalue weighted by atomic mass is 31.0. The summed E-state index contributed by atoms with van der Waals surface area (Å²) in [7, 11) is 2.22. The summed E-state index contributed by atoms with van der Waals surface area (Å²) >= 11 is 0. The molecule has 0 aliphatic carbocycles. The Kier molecular flexibility index (Phi) is 5.34. The molecule has 8 heteroatoms. The van der Waals surface area contributed by atoms with Crippen LogP contribution in [0.2, 0.25) is 0 Å². The maximum Gasteiger partial charge on any atom is 0.166 e. The Hall–Kier alpha value is -2.40. The van der Waals surface area contributed by atoms with Gasteiger partial charge in [-0.1, -0.05) is 9.24 Å². The van der Waals surface area contributed by atoms with Crippen molar-refractivity contribution in [1.29, 1.82) is 5.41 Å². The number of hydrogen-bond donors (Lipinski definition) is 3. The molecular weight excluding hydrogens is 314 g/mol. The lowest BCUT2D eigenvalue weighted by atomic mass is 10.1. The van der Waals surface area contributed by atoms with Gasteiger partial charge in [-0.15, -0.1) is 0 Å². The van der Waals surface area contributed by atoms with Crippen LogP contribution in [0.15, 0.2) is 23.5 Å². The second-order valence-corrected chi connectivity index (χ2v) is 5.41. The summed E-state index contributed by atoms with van der Waals surface area (Å²) in [5.74, 6) is -0.595. The van der Waals surface area contributed by atoms with Crippen molar-refractivity contribution in [3.8, 4) is 0 Å². The highest BCUT2D eigenvalue weighted by Crippen LogP contribution is 2.26. The van der Waals surface area contributed by atoms with Gasteiger partial charge in [-0.05, 0) is 25.5 Å². The molecule has 0 radical (unpaired) electrons. The average Bonchev–Trinajstić information content (AvgIpc) is 2.50. The number of pyridine rings is 2. The van der Waals surface area contributed by atoms with Crippen molar-refractivity contribution in [3.63, 3.8) is 0 Å². The zero-order valence-electron chi connectivity index (χ0n) is 12.9. The van der Waals surface area contributed by atoms with Gasteiger partial charge in [0.15, 0.2) is 11.6 Å². The first-order chi connectivity index (χ1) is 10.9. The van der Waals surface area contributed by atoms with E-state index >= 15 is 0 Å². The second-order valence-electron chi connectivity index (χ2n) is 4.84. The largest absolute Gasteiger partial charge is 0.381 e. The Morgan fingerprint density at radius 2 is 2.26 bits per heavy atom. The molecule has 0 spiro atoms. The Morgan fingerprint density at radius 3 is 2.91 bits per heavy atom. The van der Waals surface area contributed by atoms with E-state index in [0.717, 1.165) is 11.1 Å². The fourth-order valence-corrected chi connectivity index (χ4v) is 2.18. The maximum absolute atomic E-state index is 13.6. The van der Waals surface area contributed by atoms with Crippen molar-refractivity contribution in [3.05, 3.63) is 41.0 Å². The normalized spacial score (nSPS) is 11.0. The standard InChI is InChI=1S/C15H18FN6P/c1-3-19-6-10-8(2)5-20-7-12(10)21-15-9(14(18)23)4-11(16)13(17)22-15/h4-7,18H,3,23H2,1-2H3,(H3,17,21,22). The summed E-state index contributed by atoms with van der Waals surface area (Å²) in [4.78, 5) is 12.4. The molecule has 1 atom stereocenters. The molecule has 2 rings (SSSR count). The van der Waals surface area contributed by atoms with E-state index in [1.165, 1.54) is 6.07 Å². The third kappa shape index (κ3) is 3.87. The highest BCUT2D eigenvalue weighted by Gasteiger charge is 2.14.